The van der Waals surface area contributed by atoms with Crippen LogP contribution < -0.4 is 16.0 Å². The zero-order valence-corrected chi connectivity index (χ0v) is 16.6. The van der Waals surface area contributed by atoms with Gasteiger partial charge in [-0.2, -0.15) is 0 Å². The fourth-order valence-electron chi connectivity index (χ4n) is 3.04. The topological polar surface area (TPSA) is 100 Å². The second-order valence-electron chi connectivity index (χ2n) is 6.79. The van der Waals surface area contributed by atoms with E-state index >= 15 is 0 Å². The molecule has 1 aromatic heterocycles. The minimum absolute atomic E-state index is 0.196. The molecule has 1 heterocycles. The van der Waals surface area contributed by atoms with Gasteiger partial charge < -0.3 is 20.4 Å². The highest BCUT2D eigenvalue weighted by Gasteiger charge is 2.13. The Bertz CT molecular complexity index is 1230. The SMILES string of the molecule is CNC(=O)c1ccc(NC(=O)c2ccc(NC(=O)c3cc4ccccc4o3)cc2)cc1. The molecule has 0 aliphatic carbocycles. The first kappa shape index (κ1) is 19.9. The molecule has 0 unspecified atom stereocenters. The Hall–Kier alpha value is -4.39. The molecular weight excluding hydrogens is 394 g/mol. The second-order valence-corrected chi connectivity index (χ2v) is 6.79. The fourth-order valence-corrected chi connectivity index (χ4v) is 3.04. The Morgan fingerprint density at radius 1 is 0.677 bits per heavy atom. The minimum Gasteiger partial charge on any atom is -0.451 e. The van der Waals surface area contributed by atoms with E-state index in [-0.39, 0.29) is 23.5 Å². The van der Waals surface area contributed by atoms with Gasteiger partial charge in [0.1, 0.15) is 5.58 Å². The van der Waals surface area contributed by atoms with Crippen molar-refractivity contribution in [3.8, 4) is 0 Å². The summed E-state index contributed by atoms with van der Waals surface area (Å²) in [6.07, 6.45) is 0. The van der Waals surface area contributed by atoms with E-state index in [9.17, 15) is 14.4 Å². The van der Waals surface area contributed by atoms with Gasteiger partial charge in [-0.15, -0.1) is 0 Å². The lowest BCUT2D eigenvalue weighted by Gasteiger charge is -2.08. The Morgan fingerprint density at radius 3 is 1.81 bits per heavy atom. The van der Waals surface area contributed by atoms with Crippen LogP contribution in [-0.4, -0.2) is 24.8 Å². The lowest BCUT2D eigenvalue weighted by molar-refractivity contribution is 0.0961. The van der Waals surface area contributed by atoms with E-state index in [1.807, 2.05) is 18.2 Å². The third-order valence-corrected chi connectivity index (χ3v) is 4.69. The molecule has 4 aromatic rings. The Morgan fingerprint density at radius 2 is 1.23 bits per heavy atom. The molecule has 0 bridgehead atoms. The Kier molecular flexibility index (Phi) is 5.49. The maximum atomic E-state index is 12.5. The summed E-state index contributed by atoms with van der Waals surface area (Å²) in [5.74, 6) is -0.658. The molecule has 0 saturated carbocycles. The van der Waals surface area contributed by atoms with Gasteiger partial charge in [0.05, 0.1) is 0 Å². The van der Waals surface area contributed by atoms with Gasteiger partial charge in [-0.25, -0.2) is 0 Å². The van der Waals surface area contributed by atoms with Gasteiger partial charge in [-0.3, -0.25) is 14.4 Å². The summed E-state index contributed by atoms with van der Waals surface area (Å²) >= 11 is 0. The normalized spacial score (nSPS) is 10.5. The van der Waals surface area contributed by atoms with Crippen LogP contribution in [0.5, 0.6) is 0 Å². The quantitative estimate of drug-likeness (QED) is 0.454. The number of carbonyl (C=O) groups is 3. The van der Waals surface area contributed by atoms with Crippen molar-refractivity contribution in [1.82, 2.24) is 5.32 Å². The van der Waals surface area contributed by atoms with Crippen LogP contribution in [-0.2, 0) is 0 Å². The number of rotatable bonds is 5. The van der Waals surface area contributed by atoms with E-state index in [0.717, 1.165) is 5.39 Å². The lowest BCUT2D eigenvalue weighted by Crippen LogP contribution is -2.18. The third kappa shape index (κ3) is 4.45. The Balaban J connectivity index is 1.39. The van der Waals surface area contributed by atoms with Gasteiger partial charge in [-0.05, 0) is 60.7 Å². The van der Waals surface area contributed by atoms with E-state index < -0.39 is 0 Å². The molecule has 7 heteroatoms. The van der Waals surface area contributed by atoms with E-state index in [1.165, 1.54) is 0 Å². The number of furan rings is 1. The van der Waals surface area contributed by atoms with Crippen LogP contribution in [0.1, 0.15) is 31.3 Å². The number of benzene rings is 3. The summed E-state index contributed by atoms with van der Waals surface area (Å²) in [7, 11) is 1.56. The first-order valence-corrected chi connectivity index (χ1v) is 9.57. The number of para-hydroxylation sites is 1. The average Bonchev–Trinajstić information content (AvgIpc) is 3.24. The first-order valence-electron chi connectivity index (χ1n) is 9.57. The lowest BCUT2D eigenvalue weighted by atomic mass is 10.1. The number of hydrogen-bond acceptors (Lipinski definition) is 4. The molecule has 0 spiro atoms. The fraction of sp³-hybridized carbons (Fsp3) is 0.0417. The van der Waals surface area contributed by atoms with Gasteiger partial charge in [0.2, 0.25) is 0 Å². The minimum atomic E-state index is -0.371. The summed E-state index contributed by atoms with van der Waals surface area (Å²) in [6.45, 7) is 0. The first-order chi connectivity index (χ1) is 15.0. The molecule has 0 aliphatic heterocycles. The summed E-state index contributed by atoms with van der Waals surface area (Å²) in [5, 5.41) is 8.92. The zero-order valence-electron chi connectivity index (χ0n) is 16.6. The predicted molar refractivity (Wildman–Crippen MR) is 118 cm³/mol. The number of hydrogen-bond donors (Lipinski definition) is 3. The number of carbonyl (C=O) groups excluding carboxylic acids is 3. The highest BCUT2D eigenvalue weighted by molar-refractivity contribution is 6.06. The predicted octanol–water partition coefficient (Wildman–Crippen LogP) is 4.30. The maximum Gasteiger partial charge on any atom is 0.291 e. The van der Waals surface area contributed by atoms with E-state index in [0.29, 0.717) is 28.1 Å². The van der Waals surface area contributed by atoms with Crippen molar-refractivity contribution in [3.05, 3.63) is 95.7 Å². The summed E-state index contributed by atoms with van der Waals surface area (Å²) in [6, 6.07) is 22.2. The number of anilines is 2. The largest absolute Gasteiger partial charge is 0.451 e. The van der Waals surface area contributed by atoms with Gasteiger partial charge >= 0.3 is 0 Å². The maximum absolute atomic E-state index is 12.5. The molecule has 3 aromatic carbocycles. The molecule has 0 saturated heterocycles. The van der Waals surface area contributed by atoms with Crippen molar-refractivity contribution < 1.29 is 18.8 Å². The summed E-state index contributed by atoms with van der Waals surface area (Å²) in [5.41, 5.74) is 2.68. The molecule has 0 radical (unpaired) electrons. The molecule has 31 heavy (non-hydrogen) atoms. The molecule has 4 rings (SSSR count). The van der Waals surface area contributed by atoms with Crippen molar-refractivity contribution >= 4 is 40.1 Å². The standard InChI is InChI=1S/C24H19N3O4/c1-25-22(28)15-6-10-18(11-7-15)26-23(29)16-8-12-19(13-9-16)27-24(30)21-14-17-4-2-3-5-20(17)31-21/h2-14H,1H3,(H,25,28)(H,26,29)(H,27,30). The third-order valence-electron chi connectivity index (χ3n) is 4.69. The zero-order chi connectivity index (χ0) is 21.8. The second kappa shape index (κ2) is 8.54. The summed E-state index contributed by atoms with van der Waals surface area (Å²) in [4.78, 5) is 36.5. The summed E-state index contributed by atoms with van der Waals surface area (Å²) < 4.78 is 5.56. The van der Waals surface area contributed by atoms with Crippen molar-refractivity contribution in [2.24, 2.45) is 0 Å². The average molecular weight is 413 g/mol. The van der Waals surface area contributed by atoms with Gasteiger partial charge in [0.15, 0.2) is 5.76 Å². The molecule has 3 amide bonds. The van der Waals surface area contributed by atoms with Crippen LogP contribution in [0.3, 0.4) is 0 Å². The van der Waals surface area contributed by atoms with Crippen molar-refractivity contribution in [3.63, 3.8) is 0 Å². The Labute approximate surface area is 178 Å². The van der Waals surface area contributed by atoms with Gasteiger partial charge in [-0.1, -0.05) is 18.2 Å². The molecule has 0 fully saturated rings. The van der Waals surface area contributed by atoms with E-state index in [4.69, 9.17) is 4.42 Å². The number of amides is 3. The molecule has 154 valence electrons. The molecule has 3 N–H and O–H groups in total. The number of nitrogens with one attached hydrogen (secondary N) is 3. The molecule has 0 aliphatic rings. The van der Waals surface area contributed by atoms with Crippen LogP contribution in [0.15, 0.2) is 83.3 Å². The van der Waals surface area contributed by atoms with Crippen molar-refractivity contribution in [2.75, 3.05) is 17.7 Å². The van der Waals surface area contributed by atoms with Gasteiger partial charge in [0, 0.05) is 34.9 Å². The van der Waals surface area contributed by atoms with Crippen LogP contribution in [0, 0.1) is 0 Å². The van der Waals surface area contributed by atoms with Crippen LogP contribution in [0.25, 0.3) is 11.0 Å². The molecule has 7 nitrogen and oxygen atoms in total. The smallest absolute Gasteiger partial charge is 0.291 e. The van der Waals surface area contributed by atoms with Crippen LogP contribution in [0.2, 0.25) is 0 Å². The van der Waals surface area contributed by atoms with Crippen molar-refractivity contribution in [2.45, 2.75) is 0 Å². The van der Waals surface area contributed by atoms with Crippen LogP contribution >= 0.6 is 0 Å². The van der Waals surface area contributed by atoms with Gasteiger partial charge in [0.25, 0.3) is 17.7 Å². The van der Waals surface area contributed by atoms with E-state index in [2.05, 4.69) is 16.0 Å². The van der Waals surface area contributed by atoms with Crippen molar-refractivity contribution in [1.29, 1.82) is 0 Å². The van der Waals surface area contributed by atoms with Crippen LogP contribution in [0.4, 0.5) is 11.4 Å². The molecule has 0 atom stereocenters. The highest BCUT2D eigenvalue weighted by Crippen LogP contribution is 2.20. The highest BCUT2D eigenvalue weighted by atomic mass is 16.3. The molecular formula is C24H19N3O4. The van der Waals surface area contributed by atoms with E-state index in [1.54, 1.807) is 67.7 Å². The number of fused-ring (bicyclic) bond motifs is 1. The monoisotopic (exact) mass is 413 g/mol.